The molecular weight excluding hydrogens is 384 g/mol. The zero-order valence-corrected chi connectivity index (χ0v) is 17.0. The van der Waals surface area contributed by atoms with Gasteiger partial charge in [0.25, 0.3) is 15.9 Å². The van der Waals surface area contributed by atoms with Crippen molar-refractivity contribution in [3.05, 3.63) is 60.7 Å². The fraction of sp³-hybridized carbons (Fsp3) is 0.348. The number of sulfonamides is 1. The van der Waals surface area contributed by atoms with Crippen LogP contribution in [0.4, 0.5) is 5.69 Å². The van der Waals surface area contributed by atoms with Crippen LogP contribution >= 0.6 is 0 Å². The van der Waals surface area contributed by atoms with E-state index in [9.17, 15) is 13.2 Å². The first kappa shape index (κ1) is 18.4. The van der Waals surface area contributed by atoms with Crippen molar-refractivity contribution < 1.29 is 13.2 Å². The van der Waals surface area contributed by atoms with Gasteiger partial charge in [0.15, 0.2) is 0 Å². The van der Waals surface area contributed by atoms with E-state index in [4.69, 9.17) is 0 Å². The van der Waals surface area contributed by atoms with Gasteiger partial charge in [0, 0.05) is 22.7 Å². The van der Waals surface area contributed by atoms with Crippen LogP contribution in [0.5, 0.6) is 0 Å². The summed E-state index contributed by atoms with van der Waals surface area (Å²) in [6.07, 6.45) is 6.39. The fourth-order valence-electron chi connectivity index (χ4n) is 5.26. The van der Waals surface area contributed by atoms with Crippen molar-refractivity contribution in [2.75, 3.05) is 10.8 Å². The van der Waals surface area contributed by atoms with Crippen molar-refractivity contribution in [1.82, 2.24) is 5.32 Å². The van der Waals surface area contributed by atoms with E-state index < -0.39 is 10.0 Å². The van der Waals surface area contributed by atoms with E-state index in [1.165, 1.54) is 23.6 Å². The number of carbonyl (C=O) groups is 1. The van der Waals surface area contributed by atoms with Gasteiger partial charge in [-0.1, -0.05) is 30.7 Å². The average Bonchev–Trinajstić information content (AvgIpc) is 3.34. The predicted molar refractivity (Wildman–Crippen MR) is 113 cm³/mol. The van der Waals surface area contributed by atoms with Gasteiger partial charge >= 0.3 is 0 Å². The van der Waals surface area contributed by atoms with Crippen molar-refractivity contribution in [3.63, 3.8) is 0 Å². The van der Waals surface area contributed by atoms with Crippen molar-refractivity contribution in [1.29, 1.82) is 0 Å². The van der Waals surface area contributed by atoms with Gasteiger partial charge in [-0.25, -0.2) is 8.42 Å². The maximum Gasteiger partial charge on any atom is 0.265 e. The first-order chi connectivity index (χ1) is 14.0. The van der Waals surface area contributed by atoms with E-state index in [0.29, 0.717) is 22.7 Å². The minimum atomic E-state index is -3.65. The minimum absolute atomic E-state index is 0.0773. The first-order valence-corrected chi connectivity index (χ1v) is 11.6. The molecule has 1 heterocycles. The molecule has 5 nitrogen and oxygen atoms in total. The third-order valence-electron chi connectivity index (χ3n) is 6.62. The summed E-state index contributed by atoms with van der Waals surface area (Å²) in [5.74, 6) is 1.29. The molecule has 6 heteroatoms. The van der Waals surface area contributed by atoms with E-state index in [1.807, 2.05) is 12.1 Å². The van der Waals surface area contributed by atoms with Crippen molar-refractivity contribution in [3.8, 4) is 11.1 Å². The van der Waals surface area contributed by atoms with Crippen LogP contribution in [-0.4, -0.2) is 26.9 Å². The zero-order chi connectivity index (χ0) is 20.2. The number of nitrogens with one attached hydrogen (secondary N) is 1. The molecule has 1 N–H and O–H groups in total. The highest BCUT2D eigenvalue weighted by Gasteiger charge is 2.40. The molecule has 2 aromatic carbocycles. The molecule has 5 rings (SSSR count). The summed E-state index contributed by atoms with van der Waals surface area (Å²) in [6, 6.07) is 12.5. The van der Waals surface area contributed by atoms with Crippen LogP contribution in [0.1, 0.15) is 36.0 Å². The Kier molecular flexibility index (Phi) is 4.28. The van der Waals surface area contributed by atoms with Crippen LogP contribution in [-0.2, 0) is 10.0 Å². The van der Waals surface area contributed by atoms with Crippen LogP contribution < -0.4 is 9.62 Å². The summed E-state index contributed by atoms with van der Waals surface area (Å²) in [4.78, 5) is 13.2. The Labute approximate surface area is 171 Å². The van der Waals surface area contributed by atoms with Gasteiger partial charge in [-0.05, 0) is 55.4 Å². The Morgan fingerprint density at radius 3 is 2.69 bits per heavy atom. The van der Waals surface area contributed by atoms with Crippen molar-refractivity contribution in [2.45, 2.75) is 36.6 Å². The number of nitrogens with zero attached hydrogens (tertiary/aromatic N) is 1. The van der Waals surface area contributed by atoms with E-state index in [1.54, 1.807) is 36.4 Å². The number of hydrogen-bond donors (Lipinski definition) is 1. The number of anilines is 1. The molecule has 2 saturated carbocycles. The number of fused-ring (bicyclic) bond motifs is 5. The normalized spacial score (nSPS) is 25.9. The molecule has 0 spiro atoms. The summed E-state index contributed by atoms with van der Waals surface area (Å²) in [7, 11) is -3.65. The lowest BCUT2D eigenvalue weighted by atomic mass is 9.94. The molecule has 2 fully saturated rings. The Morgan fingerprint density at radius 1 is 1.14 bits per heavy atom. The Hall–Kier alpha value is -2.60. The lowest BCUT2D eigenvalue weighted by molar-refractivity contribution is 0.0923. The Balaban J connectivity index is 1.53. The second kappa shape index (κ2) is 6.73. The van der Waals surface area contributed by atoms with Crippen LogP contribution in [0.15, 0.2) is 60.0 Å². The van der Waals surface area contributed by atoms with Crippen molar-refractivity contribution >= 4 is 21.6 Å². The third-order valence-corrected chi connectivity index (χ3v) is 8.46. The average molecular weight is 409 g/mol. The maximum absolute atomic E-state index is 13.1. The van der Waals surface area contributed by atoms with Gasteiger partial charge < -0.3 is 5.32 Å². The molecule has 29 heavy (non-hydrogen) atoms. The van der Waals surface area contributed by atoms with Crippen LogP contribution in [0, 0.1) is 11.8 Å². The molecule has 2 aliphatic carbocycles. The molecule has 0 saturated heterocycles. The van der Waals surface area contributed by atoms with Gasteiger partial charge in [-0.3, -0.25) is 9.10 Å². The number of carbonyl (C=O) groups excluding carboxylic acids is 1. The molecule has 0 aromatic heterocycles. The minimum Gasteiger partial charge on any atom is -0.349 e. The highest BCUT2D eigenvalue weighted by atomic mass is 32.2. The summed E-state index contributed by atoms with van der Waals surface area (Å²) in [5.41, 5.74) is 2.55. The second-order valence-electron chi connectivity index (χ2n) is 8.31. The number of rotatable bonds is 4. The third kappa shape index (κ3) is 2.89. The predicted octanol–water partition coefficient (Wildman–Crippen LogP) is 3.97. The lowest BCUT2D eigenvalue weighted by Crippen LogP contribution is -2.38. The smallest absolute Gasteiger partial charge is 0.265 e. The highest BCUT2D eigenvalue weighted by molar-refractivity contribution is 7.93. The molecule has 1 amide bonds. The standard InChI is InChI=1S/C23H24N2O3S/c1-2-11-25-21-10-9-17(23(26)24-20-13-15-7-8-16(20)12-15)14-19(21)18-5-3-4-6-22(18)29(25,27)28/h2-6,9-10,14-16,20H,1,7-8,11-13H2,(H,24,26). The van der Waals surface area contributed by atoms with E-state index in [2.05, 4.69) is 11.9 Å². The first-order valence-electron chi connectivity index (χ1n) is 10.2. The summed E-state index contributed by atoms with van der Waals surface area (Å²) < 4.78 is 27.5. The van der Waals surface area contributed by atoms with E-state index in [0.717, 1.165) is 17.9 Å². The lowest BCUT2D eigenvalue weighted by Gasteiger charge is -2.31. The molecule has 2 bridgehead atoms. The molecule has 1 aliphatic heterocycles. The molecule has 0 radical (unpaired) electrons. The van der Waals surface area contributed by atoms with Crippen LogP contribution in [0.25, 0.3) is 11.1 Å². The number of benzene rings is 2. The van der Waals surface area contributed by atoms with Crippen LogP contribution in [0.3, 0.4) is 0 Å². The highest BCUT2D eigenvalue weighted by Crippen LogP contribution is 2.45. The summed E-state index contributed by atoms with van der Waals surface area (Å²) in [6.45, 7) is 3.88. The molecule has 3 atom stereocenters. The van der Waals surface area contributed by atoms with E-state index in [-0.39, 0.29) is 23.4 Å². The fourth-order valence-corrected chi connectivity index (χ4v) is 6.92. The SMILES string of the molecule is C=CCN1c2ccc(C(=O)NC3CC4CCC3C4)cc2-c2ccccc2S1(=O)=O. The molecule has 3 aliphatic rings. The van der Waals surface area contributed by atoms with Gasteiger partial charge in [0.05, 0.1) is 17.1 Å². The Bertz CT molecular complexity index is 1110. The number of hydrogen-bond acceptors (Lipinski definition) is 3. The van der Waals surface area contributed by atoms with Gasteiger partial charge in [-0.2, -0.15) is 0 Å². The number of amides is 1. The molecular formula is C23H24N2O3S. The monoisotopic (exact) mass is 408 g/mol. The second-order valence-corrected chi connectivity index (χ2v) is 10.1. The maximum atomic E-state index is 13.1. The molecule has 2 aromatic rings. The van der Waals surface area contributed by atoms with Gasteiger partial charge in [-0.15, -0.1) is 6.58 Å². The molecule has 3 unspecified atom stereocenters. The van der Waals surface area contributed by atoms with Crippen LogP contribution in [0.2, 0.25) is 0 Å². The van der Waals surface area contributed by atoms with Crippen molar-refractivity contribution in [2.24, 2.45) is 11.8 Å². The molecule has 150 valence electrons. The van der Waals surface area contributed by atoms with E-state index >= 15 is 0 Å². The van der Waals surface area contributed by atoms with Gasteiger partial charge in [0.1, 0.15) is 0 Å². The summed E-state index contributed by atoms with van der Waals surface area (Å²) in [5, 5.41) is 3.22. The quantitative estimate of drug-likeness (QED) is 0.779. The topological polar surface area (TPSA) is 66.5 Å². The summed E-state index contributed by atoms with van der Waals surface area (Å²) >= 11 is 0. The Morgan fingerprint density at radius 2 is 1.97 bits per heavy atom. The zero-order valence-electron chi connectivity index (χ0n) is 16.2. The largest absolute Gasteiger partial charge is 0.349 e. The van der Waals surface area contributed by atoms with Gasteiger partial charge in [0.2, 0.25) is 0 Å².